The first-order valence-corrected chi connectivity index (χ1v) is 7.23. The number of imidazole rings is 1. The van der Waals surface area contributed by atoms with E-state index in [2.05, 4.69) is 15.4 Å². The first kappa shape index (κ1) is 14.6. The van der Waals surface area contributed by atoms with Gasteiger partial charge in [-0.2, -0.15) is 5.10 Å². The molecule has 0 spiro atoms. The van der Waals surface area contributed by atoms with E-state index in [0.717, 1.165) is 22.2 Å². The Morgan fingerprint density at radius 2 is 2.10 bits per heavy atom. The van der Waals surface area contributed by atoms with Gasteiger partial charge in [0.2, 0.25) is 5.91 Å². The highest BCUT2D eigenvalue weighted by atomic mass is 32.2. The third-order valence-corrected chi connectivity index (χ3v) is 4.36. The number of anilines is 1. The van der Waals surface area contributed by atoms with Crippen LogP contribution in [0.3, 0.4) is 0 Å². The van der Waals surface area contributed by atoms with Crippen LogP contribution in [-0.4, -0.2) is 30.5 Å². The maximum atomic E-state index is 12.3. The summed E-state index contributed by atoms with van der Waals surface area (Å²) < 4.78 is 3.66. The van der Waals surface area contributed by atoms with Crippen molar-refractivity contribution in [1.82, 2.24) is 19.3 Å². The predicted molar refractivity (Wildman–Crippen MR) is 79.8 cm³/mol. The second-order valence-corrected chi connectivity index (χ2v) is 6.05. The standard InChI is InChI=1S/C13H19N5OS/c1-8-11(9(2)18(5)16-8)15-12(19)10(3)20-13-14-6-7-17(13)4/h6-7,10H,1-5H3,(H,15,19). The van der Waals surface area contributed by atoms with Crippen LogP contribution in [0.1, 0.15) is 18.3 Å². The third-order valence-electron chi connectivity index (χ3n) is 3.19. The van der Waals surface area contributed by atoms with Gasteiger partial charge < -0.3 is 9.88 Å². The molecule has 7 heteroatoms. The van der Waals surface area contributed by atoms with Gasteiger partial charge in [0.25, 0.3) is 0 Å². The van der Waals surface area contributed by atoms with Crippen molar-refractivity contribution in [2.24, 2.45) is 14.1 Å². The highest BCUT2D eigenvalue weighted by Gasteiger charge is 2.19. The molecule has 1 amide bonds. The lowest BCUT2D eigenvalue weighted by molar-refractivity contribution is -0.115. The zero-order chi connectivity index (χ0) is 14.9. The summed E-state index contributed by atoms with van der Waals surface area (Å²) in [6.45, 7) is 5.70. The molecule has 0 fully saturated rings. The number of aromatic nitrogens is 4. The Kier molecular flexibility index (Phi) is 4.17. The molecule has 2 heterocycles. The summed E-state index contributed by atoms with van der Waals surface area (Å²) >= 11 is 1.44. The first-order chi connectivity index (χ1) is 9.40. The molecule has 1 atom stereocenters. The molecule has 0 saturated heterocycles. The van der Waals surface area contributed by atoms with Crippen LogP contribution in [0.15, 0.2) is 17.6 Å². The largest absolute Gasteiger partial charge is 0.329 e. The van der Waals surface area contributed by atoms with Crippen LogP contribution in [-0.2, 0) is 18.9 Å². The number of hydrogen-bond donors (Lipinski definition) is 1. The van der Waals surface area contributed by atoms with Crippen LogP contribution in [0.2, 0.25) is 0 Å². The molecule has 0 aliphatic heterocycles. The minimum atomic E-state index is -0.227. The molecule has 2 rings (SSSR count). The highest BCUT2D eigenvalue weighted by Crippen LogP contribution is 2.24. The Labute approximate surface area is 122 Å². The molecule has 2 aromatic heterocycles. The summed E-state index contributed by atoms with van der Waals surface area (Å²) in [5.74, 6) is -0.0443. The number of thioether (sulfide) groups is 1. The van der Waals surface area contributed by atoms with Gasteiger partial charge in [-0.25, -0.2) is 4.98 Å². The van der Waals surface area contributed by atoms with Gasteiger partial charge in [0, 0.05) is 26.5 Å². The molecule has 0 bridgehead atoms. The van der Waals surface area contributed by atoms with Gasteiger partial charge in [-0.3, -0.25) is 9.48 Å². The van der Waals surface area contributed by atoms with Crippen molar-refractivity contribution in [3.8, 4) is 0 Å². The quantitative estimate of drug-likeness (QED) is 0.874. The van der Waals surface area contributed by atoms with Crippen molar-refractivity contribution in [3.05, 3.63) is 23.8 Å². The summed E-state index contributed by atoms with van der Waals surface area (Å²) in [7, 11) is 3.78. The minimum Gasteiger partial charge on any atom is -0.329 e. The van der Waals surface area contributed by atoms with Gasteiger partial charge in [-0.1, -0.05) is 11.8 Å². The van der Waals surface area contributed by atoms with Crippen molar-refractivity contribution in [2.75, 3.05) is 5.32 Å². The number of carbonyl (C=O) groups is 1. The summed E-state index contributed by atoms with van der Waals surface area (Å²) in [4.78, 5) is 16.5. The fraction of sp³-hybridized carbons (Fsp3) is 0.462. The summed E-state index contributed by atoms with van der Waals surface area (Å²) in [6, 6.07) is 0. The number of hydrogen-bond acceptors (Lipinski definition) is 4. The molecule has 0 saturated carbocycles. The van der Waals surface area contributed by atoms with E-state index < -0.39 is 0 Å². The van der Waals surface area contributed by atoms with Gasteiger partial charge in [0.1, 0.15) is 0 Å². The number of nitrogens with one attached hydrogen (secondary N) is 1. The van der Waals surface area contributed by atoms with Crippen molar-refractivity contribution in [1.29, 1.82) is 0 Å². The smallest absolute Gasteiger partial charge is 0.237 e. The topological polar surface area (TPSA) is 64.7 Å². The monoisotopic (exact) mass is 293 g/mol. The van der Waals surface area contributed by atoms with Crippen LogP contribution in [0.25, 0.3) is 0 Å². The van der Waals surface area contributed by atoms with E-state index >= 15 is 0 Å². The summed E-state index contributed by atoms with van der Waals surface area (Å²) in [6.07, 6.45) is 3.59. The SMILES string of the molecule is Cc1nn(C)c(C)c1NC(=O)C(C)Sc1nccn1C. The maximum Gasteiger partial charge on any atom is 0.237 e. The van der Waals surface area contributed by atoms with Gasteiger partial charge in [0.05, 0.1) is 22.3 Å². The average Bonchev–Trinajstić information content (AvgIpc) is 2.89. The Morgan fingerprint density at radius 3 is 2.60 bits per heavy atom. The normalized spacial score (nSPS) is 12.4. The lowest BCUT2D eigenvalue weighted by atomic mass is 10.3. The van der Waals surface area contributed by atoms with Crippen LogP contribution in [0.5, 0.6) is 0 Å². The Balaban J connectivity index is 2.06. The van der Waals surface area contributed by atoms with E-state index in [-0.39, 0.29) is 11.2 Å². The minimum absolute atomic E-state index is 0.0443. The molecule has 108 valence electrons. The number of amides is 1. The van der Waals surface area contributed by atoms with Gasteiger partial charge in [0.15, 0.2) is 5.16 Å². The molecule has 6 nitrogen and oxygen atoms in total. The van der Waals surface area contributed by atoms with Crippen LogP contribution in [0.4, 0.5) is 5.69 Å². The van der Waals surface area contributed by atoms with Gasteiger partial charge in [-0.15, -0.1) is 0 Å². The molecule has 0 aliphatic rings. The molecule has 20 heavy (non-hydrogen) atoms. The summed E-state index contributed by atoms with van der Waals surface area (Å²) in [5.41, 5.74) is 2.57. The molecule has 1 N–H and O–H groups in total. The number of carbonyl (C=O) groups excluding carboxylic acids is 1. The number of aryl methyl sites for hydroxylation is 3. The third kappa shape index (κ3) is 2.87. The first-order valence-electron chi connectivity index (χ1n) is 6.35. The van der Waals surface area contributed by atoms with E-state index in [1.54, 1.807) is 10.9 Å². The number of rotatable bonds is 4. The fourth-order valence-electron chi connectivity index (χ4n) is 1.86. The Bertz CT molecular complexity index is 631. The average molecular weight is 293 g/mol. The maximum absolute atomic E-state index is 12.3. The van der Waals surface area contributed by atoms with Crippen molar-refractivity contribution in [3.63, 3.8) is 0 Å². The molecule has 0 aliphatic carbocycles. The van der Waals surface area contributed by atoms with E-state index in [4.69, 9.17) is 0 Å². The van der Waals surface area contributed by atoms with Gasteiger partial charge >= 0.3 is 0 Å². The lowest BCUT2D eigenvalue weighted by Crippen LogP contribution is -2.23. The molecule has 1 unspecified atom stereocenters. The van der Waals surface area contributed by atoms with Crippen LogP contribution in [0, 0.1) is 13.8 Å². The van der Waals surface area contributed by atoms with Gasteiger partial charge in [-0.05, 0) is 20.8 Å². The molecule has 0 radical (unpaired) electrons. The van der Waals surface area contributed by atoms with Crippen molar-refractivity contribution in [2.45, 2.75) is 31.2 Å². The zero-order valence-corrected chi connectivity index (χ0v) is 13.2. The van der Waals surface area contributed by atoms with E-state index in [9.17, 15) is 4.79 Å². The second-order valence-electron chi connectivity index (χ2n) is 4.74. The highest BCUT2D eigenvalue weighted by molar-refractivity contribution is 8.00. The molecular formula is C13H19N5OS. The van der Waals surface area contributed by atoms with E-state index in [1.165, 1.54) is 11.8 Å². The lowest BCUT2D eigenvalue weighted by Gasteiger charge is -2.12. The second kappa shape index (κ2) is 5.70. The molecule has 0 aromatic carbocycles. The van der Waals surface area contributed by atoms with Crippen molar-refractivity contribution < 1.29 is 4.79 Å². The van der Waals surface area contributed by atoms with E-state index in [1.807, 2.05) is 45.6 Å². The Hall–Kier alpha value is -1.76. The predicted octanol–water partition coefficient (Wildman–Crippen LogP) is 1.89. The zero-order valence-electron chi connectivity index (χ0n) is 12.3. The van der Waals surface area contributed by atoms with E-state index in [0.29, 0.717) is 0 Å². The van der Waals surface area contributed by atoms with Crippen LogP contribution >= 0.6 is 11.8 Å². The summed E-state index contributed by atoms with van der Waals surface area (Å²) in [5, 5.41) is 7.84. The fourth-order valence-corrected chi connectivity index (χ4v) is 2.69. The van der Waals surface area contributed by atoms with Crippen molar-refractivity contribution >= 4 is 23.4 Å². The molecule has 2 aromatic rings. The number of nitrogens with zero attached hydrogens (tertiary/aromatic N) is 4. The Morgan fingerprint density at radius 1 is 1.40 bits per heavy atom. The van der Waals surface area contributed by atoms with Crippen LogP contribution < -0.4 is 5.32 Å². The molecular weight excluding hydrogens is 274 g/mol.